The van der Waals surface area contributed by atoms with Gasteiger partial charge in [0, 0.05) is 57.3 Å². The Hall–Kier alpha value is -4.28. The number of amides is 2. The van der Waals surface area contributed by atoms with Crippen molar-refractivity contribution in [1.29, 1.82) is 0 Å². The summed E-state index contributed by atoms with van der Waals surface area (Å²) < 4.78 is 50.0. The normalized spacial score (nSPS) is 24.9. The second-order valence-electron chi connectivity index (χ2n) is 14.1. The van der Waals surface area contributed by atoms with Gasteiger partial charge in [-0.25, -0.2) is 13.2 Å². The number of sulfonamides is 1. The number of nitrogens with one attached hydrogen (secondary N) is 2. The number of hydrogen-bond acceptors (Lipinski definition) is 11. The van der Waals surface area contributed by atoms with Crippen molar-refractivity contribution in [2.24, 2.45) is 22.9 Å². The summed E-state index contributed by atoms with van der Waals surface area (Å²) in [5.74, 6) is -2.15. The molecule has 0 saturated heterocycles. The van der Waals surface area contributed by atoms with E-state index in [1.54, 1.807) is 25.1 Å². The molecule has 0 aromatic heterocycles. The van der Waals surface area contributed by atoms with Gasteiger partial charge in [-0.15, -0.1) is 6.58 Å². The second kappa shape index (κ2) is 18.6. The SMILES string of the molecule is C=CCO[C@@]12Oc3ccc(OC(=O)NCC)cc3[C@H]3[C@H](CCCCO)[C@@H](CCCCO)C=C(C(=NOC)C[C@@H]1N(C)S(=O)(=O)c1ccc(NC(C)=O)cc1)[C@H]32. The van der Waals surface area contributed by atoms with Crippen LogP contribution >= 0.6 is 0 Å². The number of unbranched alkanes of at least 4 members (excludes halogenated alkanes) is 2. The average Bonchev–Trinajstić information content (AvgIpc) is 3.15. The highest BCUT2D eigenvalue weighted by Crippen LogP contribution is 2.62. The first-order valence-corrected chi connectivity index (χ1v) is 20.3. The molecule has 1 saturated carbocycles. The molecule has 14 nitrogen and oxygen atoms in total. The van der Waals surface area contributed by atoms with Crippen LogP contribution in [0.15, 0.2) is 76.8 Å². The number of fused-ring (bicyclic) bond motifs is 2. The molecule has 1 aliphatic heterocycles. The second-order valence-corrected chi connectivity index (χ2v) is 16.1. The molecule has 2 amide bonds. The van der Waals surface area contributed by atoms with Gasteiger partial charge in [0.1, 0.15) is 18.6 Å². The first-order chi connectivity index (χ1) is 26.4. The number of benzene rings is 2. The first-order valence-electron chi connectivity index (χ1n) is 18.9. The third kappa shape index (κ3) is 8.91. The number of aliphatic hydroxyl groups is 2. The van der Waals surface area contributed by atoms with Gasteiger partial charge >= 0.3 is 6.09 Å². The van der Waals surface area contributed by atoms with Crippen molar-refractivity contribution in [2.75, 3.05) is 45.8 Å². The Kier molecular flexibility index (Phi) is 14.1. The number of hydrogen-bond donors (Lipinski definition) is 4. The summed E-state index contributed by atoms with van der Waals surface area (Å²) in [5, 5.41) is 29.4. The Morgan fingerprint density at radius 2 is 1.80 bits per heavy atom. The van der Waals surface area contributed by atoms with Gasteiger partial charge in [0.2, 0.25) is 21.7 Å². The summed E-state index contributed by atoms with van der Waals surface area (Å²) >= 11 is 0. The number of likely N-dealkylation sites (N-methyl/N-ethyl adjacent to an activating group) is 1. The van der Waals surface area contributed by atoms with Gasteiger partial charge in [-0.1, -0.05) is 30.1 Å². The van der Waals surface area contributed by atoms with Gasteiger partial charge in [0.05, 0.1) is 29.2 Å². The minimum atomic E-state index is -4.22. The van der Waals surface area contributed by atoms with E-state index in [4.69, 9.17) is 19.0 Å². The zero-order chi connectivity index (χ0) is 39.8. The smallest absolute Gasteiger partial charge is 0.412 e. The van der Waals surface area contributed by atoms with E-state index in [-0.39, 0.29) is 54.8 Å². The van der Waals surface area contributed by atoms with Gasteiger partial charge in [0.15, 0.2) is 0 Å². The molecule has 1 fully saturated rings. The number of ether oxygens (including phenoxy) is 3. The molecule has 55 heavy (non-hydrogen) atoms. The molecule has 3 aliphatic rings. The number of allylic oxidation sites excluding steroid dienone is 1. The zero-order valence-electron chi connectivity index (χ0n) is 32.0. The summed E-state index contributed by atoms with van der Waals surface area (Å²) in [5.41, 5.74) is 2.58. The van der Waals surface area contributed by atoms with Crippen LogP contribution in [0.5, 0.6) is 11.5 Å². The molecule has 6 atom stereocenters. The monoisotopic (exact) mass is 782 g/mol. The van der Waals surface area contributed by atoms with Crippen molar-refractivity contribution >= 4 is 33.4 Å². The lowest BCUT2D eigenvalue weighted by molar-refractivity contribution is -0.250. The lowest BCUT2D eigenvalue weighted by atomic mass is 9.55. The van der Waals surface area contributed by atoms with Crippen LogP contribution in [0, 0.1) is 17.8 Å². The van der Waals surface area contributed by atoms with Crippen molar-refractivity contribution in [3.63, 3.8) is 0 Å². The highest BCUT2D eigenvalue weighted by atomic mass is 32.2. The maximum atomic E-state index is 14.6. The molecular weight excluding hydrogens is 729 g/mol. The summed E-state index contributed by atoms with van der Waals surface area (Å²) in [4.78, 5) is 29.7. The number of aliphatic hydroxyl groups excluding tert-OH is 2. The Balaban J connectivity index is 1.74. The van der Waals surface area contributed by atoms with Crippen molar-refractivity contribution in [2.45, 2.75) is 81.4 Å². The lowest BCUT2D eigenvalue weighted by Gasteiger charge is -2.59. The van der Waals surface area contributed by atoms with Crippen LogP contribution in [-0.2, 0) is 24.4 Å². The fourth-order valence-corrected chi connectivity index (χ4v) is 9.78. The molecule has 0 unspecified atom stereocenters. The highest BCUT2D eigenvalue weighted by molar-refractivity contribution is 7.89. The fourth-order valence-electron chi connectivity index (χ4n) is 8.41. The molecule has 4 N–H and O–H groups in total. The van der Waals surface area contributed by atoms with E-state index in [1.807, 2.05) is 6.07 Å². The predicted octanol–water partition coefficient (Wildman–Crippen LogP) is 5.34. The summed E-state index contributed by atoms with van der Waals surface area (Å²) in [7, 11) is -1.27. The van der Waals surface area contributed by atoms with E-state index in [0.29, 0.717) is 48.7 Å². The van der Waals surface area contributed by atoms with Crippen LogP contribution in [0.4, 0.5) is 10.5 Å². The van der Waals surface area contributed by atoms with E-state index >= 15 is 0 Å². The van der Waals surface area contributed by atoms with Gasteiger partial charge in [-0.3, -0.25) is 4.79 Å². The standard InChI is InChI=1S/C40H54N4O10S/c1-6-22-52-40-36(44(4)55(49,50)30-17-14-28(15-18-30)42-26(3)47)25-34(43-51-5)32-23-27(12-8-10-20-45)31(13-9-11-21-46)37(38(32)40)33-24-29(16-19-35(33)54-40)53-39(48)41-7-2/h6,14-19,23-24,27,31,36-38,45-46H,1,7-13,20-22,25H2,2-5H3,(H,41,48)(H,42,47)/t27-,31+,36-,37+,38+,40+/m0/s1. The summed E-state index contributed by atoms with van der Waals surface area (Å²) in [6.45, 7) is 7.60. The van der Waals surface area contributed by atoms with Crippen LogP contribution in [0.3, 0.4) is 0 Å². The number of anilines is 1. The van der Waals surface area contributed by atoms with Gasteiger partial charge < -0.3 is 39.9 Å². The minimum Gasteiger partial charge on any atom is -0.460 e. The number of oxime groups is 1. The highest BCUT2D eigenvalue weighted by Gasteiger charge is 2.65. The Morgan fingerprint density at radius 3 is 2.44 bits per heavy atom. The molecule has 2 aromatic carbocycles. The number of rotatable bonds is 18. The average molecular weight is 783 g/mol. The van der Waals surface area contributed by atoms with Crippen LogP contribution in [0.25, 0.3) is 0 Å². The number of carbonyl (C=O) groups excluding carboxylic acids is 2. The van der Waals surface area contributed by atoms with Crippen LogP contribution in [-0.4, -0.2) is 93.0 Å². The van der Waals surface area contributed by atoms with Crippen molar-refractivity contribution in [3.8, 4) is 11.5 Å². The Bertz CT molecular complexity index is 1850. The molecule has 1 heterocycles. The summed E-state index contributed by atoms with van der Waals surface area (Å²) in [6.07, 6.45) is 7.45. The molecule has 15 heteroatoms. The topological polar surface area (TPSA) is 185 Å². The molecule has 0 radical (unpaired) electrons. The minimum absolute atomic E-state index is 0.000272. The molecule has 300 valence electrons. The predicted molar refractivity (Wildman–Crippen MR) is 207 cm³/mol. The van der Waals surface area contributed by atoms with Crippen LogP contribution < -0.4 is 20.1 Å². The van der Waals surface area contributed by atoms with Gasteiger partial charge in [0.25, 0.3) is 0 Å². The largest absolute Gasteiger partial charge is 0.460 e. The summed E-state index contributed by atoms with van der Waals surface area (Å²) in [6, 6.07) is 10.2. The Morgan fingerprint density at radius 1 is 1.09 bits per heavy atom. The molecular formula is C40H54N4O10S. The van der Waals surface area contributed by atoms with E-state index in [2.05, 4.69) is 28.4 Å². The molecule has 2 aromatic rings. The van der Waals surface area contributed by atoms with Crippen LogP contribution in [0.2, 0.25) is 0 Å². The van der Waals surface area contributed by atoms with Crippen molar-refractivity contribution in [3.05, 3.63) is 72.3 Å². The zero-order valence-corrected chi connectivity index (χ0v) is 32.8. The van der Waals surface area contributed by atoms with E-state index in [9.17, 15) is 28.2 Å². The van der Waals surface area contributed by atoms with E-state index < -0.39 is 33.9 Å². The fraction of sp³-hybridized carbons (Fsp3) is 0.525. The van der Waals surface area contributed by atoms with E-state index in [1.165, 1.54) is 49.7 Å². The quantitative estimate of drug-likeness (QED) is 0.0875. The number of nitrogens with zero attached hydrogens (tertiary/aromatic N) is 2. The lowest BCUT2D eigenvalue weighted by Crippen LogP contribution is -2.69. The molecule has 5 rings (SSSR count). The molecule has 0 bridgehead atoms. The van der Waals surface area contributed by atoms with E-state index in [0.717, 1.165) is 30.4 Å². The Labute approximate surface area is 323 Å². The van der Waals surface area contributed by atoms with Crippen LogP contribution in [0.1, 0.15) is 70.3 Å². The van der Waals surface area contributed by atoms with Crippen molar-refractivity contribution < 1.29 is 47.3 Å². The van der Waals surface area contributed by atoms with Crippen molar-refractivity contribution in [1.82, 2.24) is 9.62 Å². The maximum Gasteiger partial charge on any atom is 0.412 e. The molecule has 0 spiro atoms. The first kappa shape index (κ1) is 41.9. The maximum absolute atomic E-state index is 14.6. The van der Waals surface area contributed by atoms with Gasteiger partial charge in [-0.2, -0.15) is 4.31 Å². The third-order valence-electron chi connectivity index (χ3n) is 10.7. The molecule has 2 aliphatic carbocycles. The third-order valence-corrected chi connectivity index (χ3v) is 12.5. The van der Waals surface area contributed by atoms with Gasteiger partial charge in [-0.05, 0) is 92.5 Å². The number of carbonyl (C=O) groups is 2.